The molecule has 0 aliphatic rings. The third-order valence-corrected chi connectivity index (χ3v) is 3.74. The highest BCUT2D eigenvalue weighted by Gasteiger charge is 2.16. The van der Waals surface area contributed by atoms with E-state index in [9.17, 15) is 9.90 Å². The molecule has 0 radical (unpaired) electrons. The van der Waals surface area contributed by atoms with E-state index in [0.29, 0.717) is 17.5 Å². The van der Waals surface area contributed by atoms with Crippen molar-refractivity contribution in [1.29, 1.82) is 0 Å². The van der Waals surface area contributed by atoms with Crippen molar-refractivity contribution in [3.8, 4) is 0 Å². The zero-order chi connectivity index (χ0) is 16.2. The van der Waals surface area contributed by atoms with Gasteiger partial charge in [-0.05, 0) is 18.1 Å². The van der Waals surface area contributed by atoms with Gasteiger partial charge in [0.25, 0.3) is 5.91 Å². The number of hydrogen-bond acceptors (Lipinski definition) is 4. The fourth-order valence-corrected chi connectivity index (χ4v) is 2.52. The molecule has 23 heavy (non-hydrogen) atoms. The van der Waals surface area contributed by atoms with Crippen molar-refractivity contribution < 1.29 is 9.90 Å². The second-order valence-corrected chi connectivity index (χ2v) is 5.37. The number of aliphatic hydroxyl groups is 1. The molecule has 1 aromatic carbocycles. The summed E-state index contributed by atoms with van der Waals surface area (Å²) in [6, 6.07) is 11.1. The van der Waals surface area contributed by atoms with E-state index < -0.39 is 0 Å². The SMILES string of the molecule is Cn1cnc2cc(C(=O)NC(CCO)c3ccccc3)cnc21. The standard InChI is InChI=1S/C17H18N4O2/c1-21-11-19-15-9-13(10-18-16(15)21)17(23)20-14(7-8-22)12-5-3-2-4-6-12/h2-6,9-11,14,22H,7-8H2,1H3,(H,20,23). The third kappa shape index (κ3) is 3.22. The second kappa shape index (κ2) is 6.58. The number of nitrogens with zero attached hydrogens (tertiary/aromatic N) is 3. The van der Waals surface area contributed by atoms with Crippen LogP contribution in [0.2, 0.25) is 0 Å². The fourth-order valence-electron chi connectivity index (χ4n) is 2.52. The van der Waals surface area contributed by atoms with Crippen molar-refractivity contribution in [1.82, 2.24) is 19.9 Å². The van der Waals surface area contributed by atoms with Crippen LogP contribution < -0.4 is 5.32 Å². The molecule has 0 spiro atoms. The van der Waals surface area contributed by atoms with Gasteiger partial charge in [-0.15, -0.1) is 0 Å². The Bertz CT molecular complexity index is 814. The number of aliphatic hydroxyl groups excluding tert-OH is 1. The largest absolute Gasteiger partial charge is 0.396 e. The number of fused-ring (bicyclic) bond motifs is 1. The first kappa shape index (κ1) is 15.2. The average molecular weight is 310 g/mol. The molecule has 0 saturated carbocycles. The minimum atomic E-state index is -0.242. The summed E-state index contributed by atoms with van der Waals surface area (Å²) in [4.78, 5) is 21.0. The van der Waals surface area contributed by atoms with E-state index in [1.54, 1.807) is 23.2 Å². The van der Waals surface area contributed by atoms with Crippen molar-refractivity contribution in [2.24, 2.45) is 7.05 Å². The molecule has 1 unspecified atom stereocenters. The molecular weight excluding hydrogens is 292 g/mol. The smallest absolute Gasteiger partial charge is 0.253 e. The predicted octanol–water partition coefficient (Wildman–Crippen LogP) is 1.82. The number of aromatic nitrogens is 3. The lowest BCUT2D eigenvalue weighted by molar-refractivity contribution is 0.0929. The average Bonchev–Trinajstić information content (AvgIpc) is 2.96. The quantitative estimate of drug-likeness (QED) is 0.753. The van der Waals surface area contributed by atoms with Gasteiger partial charge in [0.1, 0.15) is 5.52 Å². The van der Waals surface area contributed by atoms with Crippen LogP contribution in [0.4, 0.5) is 0 Å². The van der Waals surface area contributed by atoms with Crippen molar-refractivity contribution >= 4 is 17.1 Å². The van der Waals surface area contributed by atoms with Crippen LogP contribution >= 0.6 is 0 Å². The molecular formula is C17H18N4O2. The monoisotopic (exact) mass is 310 g/mol. The van der Waals surface area contributed by atoms with Crippen molar-refractivity contribution in [3.63, 3.8) is 0 Å². The van der Waals surface area contributed by atoms with Gasteiger partial charge < -0.3 is 15.0 Å². The molecule has 0 saturated heterocycles. The van der Waals surface area contributed by atoms with Crippen LogP contribution in [0.1, 0.15) is 28.4 Å². The molecule has 0 fully saturated rings. The first-order chi connectivity index (χ1) is 11.2. The van der Waals surface area contributed by atoms with Crippen LogP contribution in [-0.4, -0.2) is 32.2 Å². The maximum absolute atomic E-state index is 12.5. The summed E-state index contributed by atoms with van der Waals surface area (Å²) in [6.45, 7) is -0.00261. The van der Waals surface area contributed by atoms with E-state index in [4.69, 9.17) is 0 Å². The second-order valence-electron chi connectivity index (χ2n) is 5.37. The summed E-state index contributed by atoms with van der Waals surface area (Å²) >= 11 is 0. The Hall–Kier alpha value is -2.73. The molecule has 0 bridgehead atoms. The molecule has 2 heterocycles. The molecule has 2 N–H and O–H groups in total. The summed E-state index contributed by atoms with van der Waals surface area (Å²) in [5, 5.41) is 12.2. The number of rotatable bonds is 5. The van der Waals surface area contributed by atoms with E-state index >= 15 is 0 Å². The maximum Gasteiger partial charge on any atom is 0.253 e. The van der Waals surface area contributed by atoms with Crippen molar-refractivity contribution in [2.75, 3.05) is 6.61 Å². The number of hydrogen-bond donors (Lipinski definition) is 2. The third-order valence-electron chi connectivity index (χ3n) is 3.74. The number of aryl methyl sites for hydroxylation is 1. The van der Waals surface area contributed by atoms with Crippen LogP contribution in [0.3, 0.4) is 0 Å². The van der Waals surface area contributed by atoms with Crippen LogP contribution in [0.15, 0.2) is 48.9 Å². The highest BCUT2D eigenvalue weighted by molar-refractivity contribution is 5.96. The van der Waals surface area contributed by atoms with Crippen LogP contribution in [-0.2, 0) is 7.05 Å². The number of carbonyl (C=O) groups is 1. The van der Waals surface area contributed by atoms with E-state index in [1.165, 1.54) is 0 Å². The molecule has 118 valence electrons. The van der Waals surface area contributed by atoms with E-state index in [0.717, 1.165) is 11.2 Å². The molecule has 0 aliphatic carbocycles. The Morgan fingerprint density at radius 2 is 2.09 bits per heavy atom. The van der Waals surface area contributed by atoms with Gasteiger partial charge in [-0.2, -0.15) is 0 Å². The highest BCUT2D eigenvalue weighted by Crippen LogP contribution is 2.17. The van der Waals surface area contributed by atoms with Gasteiger partial charge in [0.05, 0.1) is 17.9 Å². The van der Waals surface area contributed by atoms with Gasteiger partial charge in [-0.3, -0.25) is 4.79 Å². The van der Waals surface area contributed by atoms with Gasteiger partial charge in [0.15, 0.2) is 5.65 Å². The lowest BCUT2D eigenvalue weighted by Gasteiger charge is -2.18. The maximum atomic E-state index is 12.5. The van der Waals surface area contributed by atoms with Crippen LogP contribution in [0.25, 0.3) is 11.2 Å². The molecule has 6 nitrogen and oxygen atoms in total. The number of imidazole rings is 1. The zero-order valence-electron chi connectivity index (χ0n) is 12.8. The Balaban J connectivity index is 1.82. The van der Waals surface area contributed by atoms with E-state index in [-0.39, 0.29) is 18.6 Å². The molecule has 3 aromatic rings. The minimum Gasteiger partial charge on any atom is -0.396 e. The Labute approximate surface area is 133 Å². The first-order valence-electron chi connectivity index (χ1n) is 7.43. The van der Waals surface area contributed by atoms with E-state index in [2.05, 4.69) is 15.3 Å². The molecule has 1 amide bonds. The topological polar surface area (TPSA) is 80.0 Å². The Kier molecular flexibility index (Phi) is 4.34. The van der Waals surface area contributed by atoms with Crippen molar-refractivity contribution in [3.05, 3.63) is 60.0 Å². The Morgan fingerprint density at radius 3 is 2.83 bits per heavy atom. The number of carbonyl (C=O) groups excluding carboxylic acids is 1. The van der Waals surface area contributed by atoms with Gasteiger partial charge in [-0.1, -0.05) is 30.3 Å². The summed E-state index contributed by atoms with van der Waals surface area (Å²) in [7, 11) is 1.86. The Morgan fingerprint density at radius 1 is 1.30 bits per heavy atom. The predicted molar refractivity (Wildman–Crippen MR) is 86.9 cm³/mol. The normalized spacial score (nSPS) is 12.3. The summed E-state index contributed by atoms with van der Waals surface area (Å²) in [6.07, 6.45) is 3.66. The summed E-state index contributed by atoms with van der Waals surface area (Å²) in [5.74, 6) is -0.229. The molecule has 2 aromatic heterocycles. The van der Waals surface area contributed by atoms with Gasteiger partial charge in [0, 0.05) is 19.9 Å². The number of benzene rings is 1. The van der Waals surface area contributed by atoms with Crippen LogP contribution in [0.5, 0.6) is 0 Å². The zero-order valence-corrected chi connectivity index (χ0v) is 12.8. The number of nitrogens with one attached hydrogen (secondary N) is 1. The molecule has 6 heteroatoms. The van der Waals surface area contributed by atoms with Crippen molar-refractivity contribution in [2.45, 2.75) is 12.5 Å². The first-order valence-corrected chi connectivity index (χ1v) is 7.43. The lowest BCUT2D eigenvalue weighted by Crippen LogP contribution is -2.29. The summed E-state index contributed by atoms with van der Waals surface area (Å²) < 4.78 is 1.80. The van der Waals surface area contributed by atoms with Crippen LogP contribution in [0, 0.1) is 0 Å². The molecule has 0 aliphatic heterocycles. The highest BCUT2D eigenvalue weighted by atomic mass is 16.3. The number of amides is 1. The number of pyridine rings is 1. The molecule has 3 rings (SSSR count). The summed E-state index contributed by atoms with van der Waals surface area (Å²) in [5.41, 5.74) is 2.83. The fraction of sp³-hybridized carbons (Fsp3) is 0.235. The van der Waals surface area contributed by atoms with Gasteiger partial charge in [-0.25, -0.2) is 9.97 Å². The lowest BCUT2D eigenvalue weighted by atomic mass is 10.0. The minimum absolute atomic E-state index is 0.00261. The van der Waals surface area contributed by atoms with Gasteiger partial charge in [0.2, 0.25) is 0 Å². The van der Waals surface area contributed by atoms with E-state index in [1.807, 2.05) is 37.4 Å². The van der Waals surface area contributed by atoms with Gasteiger partial charge >= 0.3 is 0 Å². The molecule has 1 atom stereocenters.